The summed E-state index contributed by atoms with van der Waals surface area (Å²) in [7, 11) is 1.62. The fraction of sp³-hybridized carbons (Fsp3) is 0.308. The highest BCUT2D eigenvalue weighted by Crippen LogP contribution is 2.34. The molecule has 0 fully saturated rings. The molecule has 1 aliphatic heterocycles. The minimum Gasteiger partial charge on any atom is -0.497 e. The van der Waals surface area contributed by atoms with Crippen molar-refractivity contribution in [3.63, 3.8) is 0 Å². The minimum atomic E-state index is -0.334. The summed E-state index contributed by atoms with van der Waals surface area (Å²) in [5, 5.41) is 10.1. The number of ether oxygens (including phenoxy) is 4. The number of rotatable bonds is 10. The monoisotopic (exact) mass is 463 g/mol. The molecular formula is C26H29N3O5. The van der Waals surface area contributed by atoms with Gasteiger partial charge in [0.1, 0.15) is 30.5 Å². The van der Waals surface area contributed by atoms with Crippen LogP contribution in [-0.4, -0.2) is 49.6 Å². The van der Waals surface area contributed by atoms with Crippen molar-refractivity contribution in [1.29, 1.82) is 0 Å². The molecule has 1 atom stereocenters. The predicted octanol–water partition coefficient (Wildman–Crippen LogP) is 4.16. The van der Waals surface area contributed by atoms with Gasteiger partial charge < -0.3 is 24.3 Å². The largest absolute Gasteiger partial charge is 0.497 e. The number of aromatic nitrogens is 2. The van der Waals surface area contributed by atoms with Crippen LogP contribution in [0.1, 0.15) is 11.3 Å². The van der Waals surface area contributed by atoms with E-state index in [2.05, 4.69) is 22.1 Å². The summed E-state index contributed by atoms with van der Waals surface area (Å²) in [6, 6.07) is 11.3. The highest BCUT2D eigenvalue weighted by molar-refractivity contribution is 5.95. The second kappa shape index (κ2) is 10.9. The average Bonchev–Trinajstić information content (AvgIpc) is 3.29. The number of nitrogens with one attached hydrogen (secondary N) is 2. The maximum atomic E-state index is 13.1. The van der Waals surface area contributed by atoms with Gasteiger partial charge in [-0.05, 0) is 54.8 Å². The van der Waals surface area contributed by atoms with Crippen LogP contribution < -0.4 is 19.5 Å². The predicted molar refractivity (Wildman–Crippen MR) is 130 cm³/mol. The fourth-order valence-electron chi connectivity index (χ4n) is 3.83. The Kier molecular flexibility index (Phi) is 7.49. The number of aryl methyl sites for hydroxylation is 1. The van der Waals surface area contributed by atoms with Crippen molar-refractivity contribution in [3.05, 3.63) is 66.5 Å². The molecule has 0 saturated carbocycles. The number of H-pyrrole nitrogens is 1. The zero-order valence-electron chi connectivity index (χ0n) is 19.4. The van der Waals surface area contributed by atoms with Crippen LogP contribution in [0.25, 0.3) is 11.1 Å². The van der Waals surface area contributed by atoms with Gasteiger partial charge in [-0.25, -0.2) is 0 Å². The number of amides is 1. The van der Waals surface area contributed by atoms with Crippen LogP contribution in [0.15, 0.2) is 55.3 Å². The Morgan fingerprint density at radius 1 is 1.29 bits per heavy atom. The molecule has 2 N–H and O–H groups in total. The third-order valence-corrected chi connectivity index (χ3v) is 5.65. The van der Waals surface area contributed by atoms with Gasteiger partial charge in [-0.3, -0.25) is 9.89 Å². The molecule has 1 amide bonds. The lowest BCUT2D eigenvalue weighted by Gasteiger charge is -2.25. The number of carbonyl (C=O) groups is 1. The highest BCUT2D eigenvalue weighted by Gasteiger charge is 2.27. The number of anilines is 1. The van der Waals surface area contributed by atoms with E-state index in [0.717, 1.165) is 33.9 Å². The van der Waals surface area contributed by atoms with Gasteiger partial charge in [0.2, 0.25) is 5.91 Å². The minimum absolute atomic E-state index is 0.131. The summed E-state index contributed by atoms with van der Waals surface area (Å²) in [4.78, 5) is 13.1. The molecule has 8 nitrogen and oxygen atoms in total. The third-order valence-electron chi connectivity index (χ3n) is 5.65. The number of aromatic amines is 1. The molecule has 0 unspecified atom stereocenters. The first kappa shape index (κ1) is 23.4. The second-order valence-corrected chi connectivity index (χ2v) is 8.01. The number of fused-ring (bicyclic) bond motifs is 1. The Hall–Kier alpha value is -3.78. The summed E-state index contributed by atoms with van der Waals surface area (Å²) in [6.45, 7) is 7.10. The molecule has 0 saturated heterocycles. The number of carbonyl (C=O) groups excluding carboxylic acids is 1. The Bertz CT molecular complexity index is 1160. The van der Waals surface area contributed by atoms with Crippen molar-refractivity contribution in [2.24, 2.45) is 5.92 Å². The van der Waals surface area contributed by atoms with E-state index in [9.17, 15) is 4.79 Å². The van der Waals surface area contributed by atoms with Gasteiger partial charge in [-0.1, -0.05) is 12.1 Å². The van der Waals surface area contributed by atoms with Crippen LogP contribution in [0.2, 0.25) is 0 Å². The summed E-state index contributed by atoms with van der Waals surface area (Å²) in [5.41, 5.74) is 4.40. The van der Waals surface area contributed by atoms with Gasteiger partial charge in [-0.2, -0.15) is 5.10 Å². The summed E-state index contributed by atoms with van der Waals surface area (Å²) in [6.07, 6.45) is 4.02. The molecule has 1 aromatic heterocycles. The van der Waals surface area contributed by atoms with Crippen molar-refractivity contribution in [2.45, 2.75) is 13.3 Å². The SMILES string of the molecule is C=CCOCCOc1cc(-c2cn[nH]c2C)ccc1NC(=O)[C@@H]1COc2ccc(OC)cc2C1. The van der Waals surface area contributed by atoms with Crippen LogP contribution in [0.4, 0.5) is 5.69 Å². The quantitative estimate of drug-likeness (QED) is 0.346. The molecule has 0 spiro atoms. The normalized spacial score (nSPS) is 14.6. The lowest BCUT2D eigenvalue weighted by molar-refractivity contribution is -0.121. The Labute approximate surface area is 198 Å². The molecule has 34 heavy (non-hydrogen) atoms. The van der Waals surface area contributed by atoms with E-state index in [4.69, 9.17) is 18.9 Å². The molecule has 3 aromatic rings. The first-order valence-corrected chi connectivity index (χ1v) is 11.2. The zero-order valence-corrected chi connectivity index (χ0v) is 19.4. The lowest BCUT2D eigenvalue weighted by Crippen LogP contribution is -2.32. The molecule has 2 aromatic carbocycles. The molecule has 8 heteroatoms. The van der Waals surface area contributed by atoms with Crippen molar-refractivity contribution in [2.75, 3.05) is 38.9 Å². The first-order chi connectivity index (χ1) is 16.6. The van der Waals surface area contributed by atoms with E-state index < -0.39 is 0 Å². The number of benzene rings is 2. The number of hydrogen-bond acceptors (Lipinski definition) is 6. The van der Waals surface area contributed by atoms with Gasteiger partial charge >= 0.3 is 0 Å². The van der Waals surface area contributed by atoms with Crippen molar-refractivity contribution >= 4 is 11.6 Å². The molecular weight excluding hydrogens is 434 g/mol. The molecule has 1 aliphatic rings. The summed E-state index contributed by atoms with van der Waals surface area (Å²) < 4.78 is 22.5. The van der Waals surface area contributed by atoms with E-state index in [1.165, 1.54) is 0 Å². The molecule has 0 bridgehead atoms. The number of methoxy groups -OCH3 is 1. The third kappa shape index (κ3) is 5.40. The Morgan fingerprint density at radius 2 is 2.18 bits per heavy atom. The van der Waals surface area contributed by atoms with Gasteiger partial charge in [0.15, 0.2) is 0 Å². The highest BCUT2D eigenvalue weighted by atomic mass is 16.5. The standard InChI is InChI=1S/C26H29N3O5/c1-4-9-32-10-11-33-25-14-18(22-15-27-29-17(22)2)5-7-23(25)28-26(30)20-12-19-13-21(31-3)6-8-24(19)34-16-20/h4-8,13-15,20H,1,9-12,16H2,2-3H3,(H,27,29)(H,28,30)/t20-/m0/s1. The fourth-order valence-corrected chi connectivity index (χ4v) is 3.83. The lowest BCUT2D eigenvalue weighted by atomic mass is 9.95. The summed E-state index contributed by atoms with van der Waals surface area (Å²) >= 11 is 0. The summed E-state index contributed by atoms with van der Waals surface area (Å²) in [5.74, 6) is 1.62. The van der Waals surface area contributed by atoms with Gasteiger partial charge in [0.25, 0.3) is 0 Å². The van der Waals surface area contributed by atoms with Crippen LogP contribution in [0.5, 0.6) is 17.2 Å². The van der Waals surface area contributed by atoms with Crippen LogP contribution >= 0.6 is 0 Å². The molecule has 4 rings (SSSR count). The maximum Gasteiger partial charge on any atom is 0.231 e. The van der Waals surface area contributed by atoms with Crippen molar-refractivity contribution in [3.8, 4) is 28.4 Å². The van der Waals surface area contributed by atoms with Gasteiger partial charge in [-0.15, -0.1) is 6.58 Å². The van der Waals surface area contributed by atoms with E-state index >= 15 is 0 Å². The van der Waals surface area contributed by atoms with Crippen LogP contribution in [0, 0.1) is 12.8 Å². The molecule has 2 heterocycles. The number of nitrogens with zero attached hydrogens (tertiary/aromatic N) is 1. The first-order valence-electron chi connectivity index (χ1n) is 11.2. The van der Waals surface area contributed by atoms with E-state index in [-0.39, 0.29) is 11.8 Å². The van der Waals surface area contributed by atoms with E-state index in [1.54, 1.807) is 19.4 Å². The van der Waals surface area contributed by atoms with Gasteiger partial charge in [0.05, 0.1) is 38.1 Å². The second-order valence-electron chi connectivity index (χ2n) is 8.01. The Balaban J connectivity index is 1.50. The molecule has 0 aliphatic carbocycles. The van der Waals surface area contributed by atoms with Crippen molar-refractivity contribution < 1.29 is 23.7 Å². The topological polar surface area (TPSA) is 94.7 Å². The van der Waals surface area contributed by atoms with Crippen LogP contribution in [0.3, 0.4) is 0 Å². The van der Waals surface area contributed by atoms with E-state index in [1.807, 2.05) is 43.3 Å². The Morgan fingerprint density at radius 3 is 2.94 bits per heavy atom. The zero-order chi connectivity index (χ0) is 23.9. The number of hydrogen-bond donors (Lipinski definition) is 2. The van der Waals surface area contributed by atoms with E-state index in [0.29, 0.717) is 44.3 Å². The molecule has 0 radical (unpaired) electrons. The average molecular weight is 464 g/mol. The van der Waals surface area contributed by atoms with Gasteiger partial charge in [0, 0.05) is 11.3 Å². The maximum absolute atomic E-state index is 13.1. The smallest absolute Gasteiger partial charge is 0.231 e. The van der Waals surface area contributed by atoms with Crippen molar-refractivity contribution in [1.82, 2.24) is 10.2 Å². The molecule has 178 valence electrons. The van der Waals surface area contributed by atoms with Crippen LogP contribution in [-0.2, 0) is 16.0 Å².